The first-order valence-electron chi connectivity index (χ1n) is 5.85. The van der Waals surface area contributed by atoms with Crippen LogP contribution in [0.25, 0.3) is 0 Å². The Morgan fingerprint density at radius 1 is 1.62 bits per heavy atom. The largest absolute Gasteiger partial charge is 0.497 e. The fourth-order valence-corrected chi connectivity index (χ4v) is 2.55. The van der Waals surface area contributed by atoms with Gasteiger partial charge in [0.25, 0.3) is 6.20 Å². The molecule has 0 radical (unpaired) electrons. The van der Waals surface area contributed by atoms with E-state index in [-0.39, 0.29) is 5.48 Å². The topological polar surface area (TPSA) is 109 Å². The van der Waals surface area contributed by atoms with Crippen LogP contribution in [0.3, 0.4) is 0 Å². The van der Waals surface area contributed by atoms with Gasteiger partial charge in [-0.1, -0.05) is 0 Å². The number of thioether (sulfide) groups is 2. The van der Waals surface area contributed by atoms with Gasteiger partial charge in [0.05, 0.1) is 17.7 Å². The van der Waals surface area contributed by atoms with Crippen molar-refractivity contribution in [2.24, 2.45) is 0 Å². The molecule has 0 unspecified atom stereocenters. The standard InChI is InChI=1S/C12H17N3O3S2.H2O/c1-18-11-3-4-13-10(7-11)9-20-6-5-14-12(19-2)8-15(16)17;/h3-4,7-8,14H,5-6,9H2,1-2H3;1H2. The van der Waals surface area contributed by atoms with E-state index in [2.05, 4.69) is 10.3 Å². The molecule has 0 amide bonds. The maximum Gasteiger partial charge on any atom is 0.263 e. The molecule has 9 heteroatoms. The van der Waals surface area contributed by atoms with Gasteiger partial charge in [-0.2, -0.15) is 11.8 Å². The number of methoxy groups -OCH3 is 1. The zero-order chi connectivity index (χ0) is 14.8. The first-order valence-corrected chi connectivity index (χ1v) is 8.23. The molecule has 0 bridgehead atoms. The molecule has 0 saturated carbocycles. The summed E-state index contributed by atoms with van der Waals surface area (Å²) in [5.41, 5.74) is 0.959. The smallest absolute Gasteiger partial charge is 0.263 e. The monoisotopic (exact) mass is 333 g/mol. The van der Waals surface area contributed by atoms with Gasteiger partial charge in [-0.3, -0.25) is 15.1 Å². The maximum absolute atomic E-state index is 10.4. The molecule has 1 aromatic heterocycles. The van der Waals surface area contributed by atoms with E-state index in [0.29, 0.717) is 11.6 Å². The Labute approximate surface area is 132 Å². The van der Waals surface area contributed by atoms with Gasteiger partial charge in [0.15, 0.2) is 0 Å². The minimum absolute atomic E-state index is 0. The Hall–Kier alpha value is -1.45. The van der Waals surface area contributed by atoms with Crippen molar-refractivity contribution in [3.8, 4) is 5.75 Å². The third-order valence-electron chi connectivity index (χ3n) is 2.26. The van der Waals surface area contributed by atoms with Crippen LogP contribution in [-0.4, -0.2) is 41.0 Å². The molecule has 21 heavy (non-hydrogen) atoms. The quantitative estimate of drug-likeness (QED) is 0.414. The molecule has 118 valence electrons. The van der Waals surface area contributed by atoms with Crippen LogP contribution in [0.5, 0.6) is 5.75 Å². The van der Waals surface area contributed by atoms with Crippen LogP contribution >= 0.6 is 23.5 Å². The van der Waals surface area contributed by atoms with Crippen LogP contribution in [0.15, 0.2) is 29.6 Å². The van der Waals surface area contributed by atoms with Gasteiger partial charge in [0.2, 0.25) is 0 Å². The fraction of sp³-hybridized carbons (Fsp3) is 0.417. The SMILES string of the molecule is COc1ccnc(CSCCNC(=C[N+](=O)[O-])SC)c1.O. The van der Waals surface area contributed by atoms with E-state index in [1.54, 1.807) is 31.3 Å². The van der Waals surface area contributed by atoms with E-state index >= 15 is 0 Å². The number of aromatic nitrogens is 1. The number of nitro groups is 1. The van der Waals surface area contributed by atoms with Gasteiger partial charge >= 0.3 is 0 Å². The van der Waals surface area contributed by atoms with Crippen LogP contribution in [-0.2, 0) is 5.75 Å². The molecule has 1 heterocycles. The van der Waals surface area contributed by atoms with Crippen LogP contribution in [0.2, 0.25) is 0 Å². The van der Waals surface area contributed by atoms with Crippen molar-refractivity contribution in [2.75, 3.05) is 25.7 Å². The van der Waals surface area contributed by atoms with Gasteiger partial charge in [-0.05, 0) is 12.3 Å². The number of nitrogens with one attached hydrogen (secondary N) is 1. The number of hydrogen-bond acceptors (Lipinski definition) is 7. The van der Waals surface area contributed by atoms with Crippen molar-refractivity contribution in [2.45, 2.75) is 5.75 Å². The number of pyridine rings is 1. The lowest BCUT2D eigenvalue weighted by Crippen LogP contribution is -2.15. The normalized spacial score (nSPS) is 10.7. The Morgan fingerprint density at radius 3 is 3.00 bits per heavy atom. The zero-order valence-corrected chi connectivity index (χ0v) is 13.5. The number of ether oxygens (including phenoxy) is 1. The predicted octanol–water partition coefficient (Wildman–Crippen LogP) is 1.53. The number of rotatable bonds is 9. The van der Waals surface area contributed by atoms with Gasteiger partial charge in [0.1, 0.15) is 10.8 Å². The zero-order valence-electron chi connectivity index (χ0n) is 11.9. The maximum atomic E-state index is 10.4. The van der Waals surface area contributed by atoms with E-state index < -0.39 is 4.92 Å². The fourth-order valence-electron chi connectivity index (χ4n) is 1.35. The molecular weight excluding hydrogens is 314 g/mol. The molecule has 0 fully saturated rings. The molecule has 0 aliphatic heterocycles. The van der Waals surface area contributed by atoms with Crippen molar-refractivity contribution in [1.29, 1.82) is 0 Å². The van der Waals surface area contributed by atoms with Gasteiger partial charge < -0.3 is 15.5 Å². The van der Waals surface area contributed by atoms with Crippen molar-refractivity contribution < 1.29 is 15.1 Å². The first-order chi connectivity index (χ1) is 9.65. The molecule has 0 spiro atoms. The van der Waals surface area contributed by atoms with Crippen molar-refractivity contribution >= 4 is 23.5 Å². The third-order valence-corrected chi connectivity index (χ3v) is 3.94. The van der Waals surface area contributed by atoms with E-state index in [0.717, 1.165) is 29.1 Å². The second-order valence-corrected chi connectivity index (χ2v) is 5.60. The van der Waals surface area contributed by atoms with Crippen molar-refractivity contribution in [3.63, 3.8) is 0 Å². The van der Waals surface area contributed by atoms with Crippen LogP contribution in [0, 0.1) is 10.1 Å². The summed E-state index contributed by atoms with van der Waals surface area (Å²) in [6.07, 6.45) is 4.51. The molecule has 0 atom stereocenters. The van der Waals surface area contributed by atoms with Crippen molar-refractivity contribution in [3.05, 3.63) is 45.4 Å². The van der Waals surface area contributed by atoms with E-state index in [1.807, 2.05) is 12.1 Å². The van der Waals surface area contributed by atoms with Crippen molar-refractivity contribution in [1.82, 2.24) is 10.3 Å². The van der Waals surface area contributed by atoms with Gasteiger partial charge in [0, 0.05) is 30.3 Å². The minimum atomic E-state index is -0.452. The lowest BCUT2D eigenvalue weighted by molar-refractivity contribution is -0.403. The first kappa shape index (κ1) is 19.6. The Balaban J connectivity index is 0.00000400. The molecular formula is C12H19N3O4S2. The molecule has 0 saturated heterocycles. The number of nitrogens with zero attached hydrogens (tertiary/aromatic N) is 2. The van der Waals surface area contributed by atoms with Crippen LogP contribution in [0.1, 0.15) is 5.69 Å². The summed E-state index contributed by atoms with van der Waals surface area (Å²) in [6.45, 7) is 0.676. The highest BCUT2D eigenvalue weighted by Crippen LogP contribution is 2.15. The second kappa shape index (κ2) is 11.2. The second-order valence-electron chi connectivity index (χ2n) is 3.65. The van der Waals surface area contributed by atoms with E-state index in [4.69, 9.17) is 4.74 Å². The summed E-state index contributed by atoms with van der Waals surface area (Å²) in [5.74, 6) is 2.42. The van der Waals surface area contributed by atoms with Crippen LogP contribution < -0.4 is 10.1 Å². The molecule has 0 aromatic carbocycles. The molecule has 1 rings (SSSR count). The predicted molar refractivity (Wildman–Crippen MR) is 87.2 cm³/mol. The van der Waals surface area contributed by atoms with E-state index in [9.17, 15) is 10.1 Å². The molecule has 1 aromatic rings. The minimum Gasteiger partial charge on any atom is -0.497 e. The number of hydrogen-bond donors (Lipinski definition) is 1. The molecule has 0 aliphatic rings. The average Bonchev–Trinajstić information content (AvgIpc) is 2.45. The average molecular weight is 333 g/mol. The third kappa shape index (κ3) is 8.43. The highest BCUT2D eigenvalue weighted by molar-refractivity contribution is 8.02. The molecule has 7 nitrogen and oxygen atoms in total. The lowest BCUT2D eigenvalue weighted by Gasteiger charge is -2.06. The van der Waals surface area contributed by atoms with Gasteiger partial charge in [-0.25, -0.2) is 0 Å². The lowest BCUT2D eigenvalue weighted by atomic mass is 10.3. The molecule has 0 aliphatic carbocycles. The molecule has 3 N–H and O–H groups in total. The summed E-state index contributed by atoms with van der Waals surface area (Å²) < 4.78 is 5.13. The highest BCUT2D eigenvalue weighted by atomic mass is 32.2. The summed E-state index contributed by atoms with van der Waals surface area (Å²) in [5, 5.41) is 13.9. The summed E-state index contributed by atoms with van der Waals surface area (Å²) in [6, 6.07) is 3.71. The summed E-state index contributed by atoms with van der Waals surface area (Å²) in [4.78, 5) is 14.2. The highest BCUT2D eigenvalue weighted by Gasteiger charge is 2.01. The van der Waals surface area contributed by atoms with E-state index in [1.165, 1.54) is 11.8 Å². The Kier molecular flexibility index (Phi) is 10.5. The van der Waals surface area contributed by atoms with Crippen LogP contribution in [0.4, 0.5) is 0 Å². The van der Waals surface area contributed by atoms with Gasteiger partial charge in [-0.15, -0.1) is 11.8 Å². The Bertz CT molecular complexity index is 472. The summed E-state index contributed by atoms with van der Waals surface area (Å²) in [7, 11) is 1.63. The summed E-state index contributed by atoms with van der Waals surface area (Å²) >= 11 is 3.04. The Morgan fingerprint density at radius 2 is 2.38 bits per heavy atom.